The van der Waals surface area contributed by atoms with E-state index in [2.05, 4.69) is 0 Å². The average Bonchev–Trinajstić information content (AvgIpc) is 2.57. The summed E-state index contributed by atoms with van der Waals surface area (Å²) in [6.07, 6.45) is 0. The predicted octanol–water partition coefficient (Wildman–Crippen LogP) is 4.36. The minimum absolute atomic E-state index is 0.252. The van der Waals surface area contributed by atoms with Crippen LogP contribution in [0.4, 0.5) is 0 Å². The van der Waals surface area contributed by atoms with Gasteiger partial charge in [-0.05, 0) is 62.2 Å². The maximum atomic E-state index is 12.1. The molecule has 134 valence electrons. The Morgan fingerprint density at radius 1 is 1.04 bits per heavy atom. The zero-order valence-corrected chi connectivity index (χ0v) is 15.3. The fraction of sp³-hybridized carbons (Fsp3) is 0.200. The molecule has 2 aromatic carbocycles. The Labute approximate surface area is 155 Å². The van der Waals surface area contributed by atoms with E-state index in [-0.39, 0.29) is 6.61 Å². The van der Waals surface area contributed by atoms with Crippen molar-refractivity contribution in [3.05, 3.63) is 68.5 Å². The molecule has 0 unspecified atom stereocenters. The zero-order valence-electron chi connectivity index (χ0n) is 14.6. The van der Waals surface area contributed by atoms with E-state index < -0.39 is 11.6 Å². The summed E-state index contributed by atoms with van der Waals surface area (Å²) in [4.78, 5) is 23.7. The van der Waals surface area contributed by atoms with Crippen molar-refractivity contribution in [3.8, 4) is 11.5 Å². The first-order valence-electron chi connectivity index (χ1n) is 7.99. The summed E-state index contributed by atoms with van der Waals surface area (Å²) < 4.78 is 16.1. The highest BCUT2D eigenvalue weighted by atomic mass is 35.5. The number of carbonyl (C=O) groups excluding carboxylic acids is 1. The van der Waals surface area contributed by atoms with Gasteiger partial charge in [0.05, 0.1) is 0 Å². The van der Waals surface area contributed by atoms with E-state index in [1.54, 1.807) is 37.3 Å². The summed E-state index contributed by atoms with van der Waals surface area (Å²) in [6, 6.07) is 10.00. The number of halogens is 1. The summed E-state index contributed by atoms with van der Waals surface area (Å²) in [6.45, 7) is 5.15. The largest absolute Gasteiger partial charge is 0.482 e. The first-order chi connectivity index (χ1) is 12.3. The van der Waals surface area contributed by atoms with Gasteiger partial charge in [0.1, 0.15) is 17.1 Å². The van der Waals surface area contributed by atoms with Crippen LogP contribution in [0.15, 0.2) is 45.6 Å². The van der Waals surface area contributed by atoms with Gasteiger partial charge in [-0.25, -0.2) is 9.59 Å². The highest BCUT2D eigenvalue weighted by molar-refractivity contribution is 6.30. The van der Waals surface area contributed by atoms with Crippen LogP contribution < -0.4 is 15.1 Å². The van der Waals surface area contributed by atoms with E-state index in [0.29, 0.717) is 27.7 Å². The van der Waals surface area contributed by atoms with E-state index in [9.17, 15) is 9.59 Å². The Morgan fingerprint density at radius 2 is 1.77 bits per heavy atom. The molecule has 0 atom stereocenters. The van der Waals surface area contributed by atoms with Crippen molar-refractivity contribution in [2.75, 3.05) is 6.61 Å². The van der Waals surface area contributed by atoms with Gasteiger partial charge in [-0.3, -0.25) is 0 Å². The van der Waals surface area contributed by atoms with Crippen LogP contribution in [0.25, 0.3) is 11.0 Å². The Hall–Kier alpha value is -2.79. The van der Waals surface area contributed by atoms with Crippen molar-refractivity contribution in [1.29, 1.82) is 0 Å². The first kappa shape index (κ1) is 18.0. The number of fused-ring (bicyclic) bond motifs is 1. The minimum Gasteiger partial charge on any atom is -0.482 e. The van der Waals surface area contributed by atoms with Gasteiger partial charge in [-0.2, -0.15) is 0 Å². The normalized spacial score (nSPS) is 10.8. The van der Waals surface area contributed by atoms with Crippen molar-refractivity contribution in [2.45, 2.75) is 20.8 Å². The number of carbonyl (C=O) groups is 1. The van der Waals surface area contributed by atoms with Crippen LogP contribution in [-0.2, 0) is 4.79 Å². The lowest BCUT2D eigenvalue weighted by molar-refractivity contribution is -0.136. The van der Waals surface area contributed by atoms with Gasteiger partial charge < -0.3 is 13.9 Å². The van der Waals surface area contributed by atoms with Crippen molar-refractivity contribution < 1.29 is 18.7 Å². The number of hydrogen-bond acceptors (Lipinski definition) is 5. The molecule has 0 amide bonds. The van der Waals surface area contributed by atoms with Crippen LogP contribution >= 0.6 is 11.6 Å². The van der Waals surface area contributed by atoms with Crippen molar-refractivity contribution >= 4 is 28.5 Å². The van der Waals surface area contributed by atoms with E-state index in [1.165, 1.54) is 6.07 Å². The first-order valence-corrected chi connectivity index (χ1v) is 8.36. The van der Waals surface area contributed by atoms with Crippen LogP contribution in [0.2, 0.25) is 5.02 Å². The SMILES string of the molecule is Cc1cc(Cl)ccc1OCC(=O)Oc1ccc2c(C)cc(=O)oc2c1C. The molecule has 0 saturated carbocycles. The molecule has 0 aliphatic carbocycles. The number of esters is 1. The molecule has 0 saturated heterocycles. The molecule has 0 spiro atoms. The predicted molar refractivity (Wildman–Crippen MR) is 99.3 cm³/mol. The number of rotatable bonds is 4. The third-order valence-electron chi connectivity index (χ3n) is 4.02. The van der Waals surface area contributed by atoms with Crippen molar-refractivity contribution in [3.63, 3.8) is 0 Å². The number of aryl methyl sites for hydroxylation is 3. The Morgan fingerprint density at radius 3 is 2.50 bits per heavy atom. The second kappa shape index (κ2) is 7.22. The second-order valence-electron chi connectivity index (χ2n) is 5.99. The lowest BCUT2D eigenvalue weighted by atomic mass is 10.1. The van der Waals surface area contributed by atoms with Gasteiger partial charge in [0, 0.05) is 22.0 Å². The van der Waals surface area contributed by atoms with E-state index in [4.69, 9.17) is 25.5 Å². The molecule has 26 heavy (non-hydrogen) atoms. The van der Waals surface area contributed by atoms with Gasteiger partial charge in [-0.1, -0.05) is 11.6 Å². The zero-order chi connectivity index (χ0) is 18.8. The monoisotopic (exact) mass is 372 g/mol. The molecule has 1 heterocycles. The van der Waals surface area contributed by atoms with E-state index in [1.807, 2.05) is 13.8 Å². The molecule has 0 fully saturated rings. The van der Waals surface area contributed by atoms with Crippen LogP contribution in [0.3, 0.4) is 0 Å². The second-order valence-corrected chi connectivity index (χ2v) is 6.42. The number of ether oxygens (including phenoxy) is 2. The molecule has 6 heteroatoms. The number of hydrogen-bond donors (Lipinski definition) is 0. The highest BCUT2D eigenvalue weighted by Gasteiger charge is 2.14. The van der Waals surface area contributed by atoms with Crippen molar-refractivity contribution in [1.82, 2.24) is 0 Å². The molecule has 5 nitrogen and oxygen atoms in total. The van der Waals surface area contributed by atoms with Gasteiger partial charge in [0.25, 0.3) is 0 Å². The van der Waals surface area contributed by atoms with Gasteiger partial charge in [-0.15, -0.1) is 0 Å². The van der Waals surface area contributed by atoms with E-state index >= 15 is 0 Å². The topological polar surface area (TPSA) is 65.7 Å². The molecule has 3 rings (SSSR count). The maximum absolute atomic E-state index is 12.1. The quantitative estimate of drug-likeness (QED) is 0.387. The van der Waals surface area contributed by atoms with Gasteiger partial charge >= 0.3 is 11.6 Å². The molecular formula is C20H17ClO5. The maximum Gasteiger partial charge on any atom is 0.349 e. The van der Waals surface area contributed by atoms with Crippen LogP contribution in [-0.4, -0.2) is 12.6 Å². The molecule has 0 aliphatic heterocycles. The molecule has 0 N–H and O–H groups in total. The summed E-state index contributed by atoms with van der Waals surface area (Å²) in [7, 11) is 0. The van der Waals surface area contributed by atoms with Gasteiger partial charge in [0.15, 0.2) is 6.61 Å². The molecule has 0 bridgehead atoms. The lowest BCUT2D eigenvalue weighted by Crippen LogP contribution is -2.18. The third-order valence-corrected chi connectivity index (χ3v) is 4.26. The highest BCUT2D eigenvalue weighted by Crippen LogP contribution is 2.28. The van der Waals surface area contributed by atoms with Crippen LogP contribution in [0, 0.1) is 20.8 Å². The Balaban J connectivity index is 1.77. The Kier molecular flexibility index (Phi) is 5.00. The number of benzene rings is 2. The standard InChI is InChI=1S/C20H17ClO5/c1-11-9-18(22)26-20-13(3)17(7-5-15(11)20)25-19(23)10-24-16-6-4-14(21)8-12(16)2/h4-9H,10H2,1-3H3. The fourth-order valence-electron chi connectivity index (χ4n) is 2.67. The van der Waals surface area contributed by atoms with Gasteiger partial charge in [0.2, 0.25) is 0 Å². The third kappa shape index (κ3) is 3.73. The molecule has 0 aliphatic rings. The van der Waals surface area contributed by atoms with Crippen LogP contribution in [0.1, 0.15) is 16.7 Å². The average molecular weight is 373 g/mol. The summed E-state index contributed by atoms with van der Waals surface area (Å²) >= 11 is 5.90. The molecule has 0 radical (unpaired) electrons. The molecule has 1 aromatic heterocycles. The van der Waals surface area contributed by atoms with Crippen LogP contribution in [0.5, 0.6) is 11.5 Å². The lowest BCUT2D eigenvalue weighted by Gasteiger charge is -2.11. The minimum atomic E-state index is -0.559. The molecule has 3 aromatic rings. The Bertz CT molecular complexity index is 1050. The summed E-state index contributed by atoms with van der Waals surface area (Å²) in [5.74, 6) is 0.327. The summed E-state index contributed by atoms with van der Waals surface area (Å²) in [5.41, 5.74) is 2.18. The van der Waals surface area contributed by atoms with E-state index in [0.717, 1.165) is 16.5 Å². The van der Waals surface area contributed by atoms with Crippen molar-refractivity contribution in [2.24, 2.45) is 0 Å². The molecular weight excluding hydrogens is 356 g/mol. The summed E-state index contributed by atoms with van der Waals surface area (Å²) in [5, 5.41) is 1.40. The smallest absolute Gasteiger partial charge is 0.349 e. The fourth-order valence-corrected chi connectivity index (χ4v) is 2.90.